The van der Waals surface area contributed by atoms with Gasteiger partial charge in [0.15, 0.2) is 0 Å². The number of rotatable bonds is 5. The third kappa shape index (κ3) is 4.02. The summed E-state index contributed by atoms with van der Waals surface area (Å²) in [6, 6.07) is 16.5. The number of hydrogen-bond acceptors (Lipinski definition) is 3. The maximum absolute atomic E-state index is 11.3. The summed E-state index contributed by atoms with van der Waals surface area (Å²) in [7, 11) is 4.05. The second kappa shape index (κ2) is 8.11. The van der Waals surface area contributed by atoms with Crippen molar-refractivity contribution in [1.82, 2.24) is 4.90 Å². The fourth-order valence-corrected chi connectivity index (χ4v) is 3.88. The first-order valence-electron chi connectivity index (χ1n) is 8.96. The van der Waals surface area contributed by atoms with Gasteiger partial charge in [0.25, 0.3) is 0 Å². The normalized spacial score (nSPS) is 17.0. The summed E-state index contributed by atoms with van der Waals surface area (Å²) in [5.74, 6) is -0.927. The molecule has 1 saturated heterocycles. The van der Waals surface area contributed by atoms with E-state index in [1.165, 1.54) is 5.56 Å². The quantitative estimate of drug-likeness (QED) is 0.850. The number of piperidine rings is 1. The third-order valence-electron chi connectivity index (χ3n) is 5.17. The van der Waals surface area contributed by atoms with Crippen LogP contribution >= 0.6 is 11.6 Å². The minimum absolute atomic E-state index is 0.0367. The van der Waals surface area contributed by atoms with Gasteiger partial charge >= 0.3 is 5.97 Å². The highest BCUT2D eigenvalue weighted by atomic mass is 35.5. The first kappa shape index (κ1) is 18.7. The van der Waals surface area contributed by atoms with Crippen molar-refractivity contribution in [3.63, 3.8) is 0 Å². The number of likely N-dealkylation sites (tertiary alicyclic amines) is 1. The number of carbonyl (C=O) groups is 1. The van der Waals surface area contributed by atoms with E-state index < -0.39 is 5.97 Å². The number of carboxylic acids is 1. The molecule has 2 aromatic carbocycles. The van der Waals surface area contributed by atoms with E-state index in [4.69, 9.17) is 11.6 Å². The molecule has 1 fully saturated rings. The number of halogens is 1. The van der Waals surface area contributed by atoms with Gasteiger partial charge in [0.05, 0.1) is 12.0 Å². The van der Waals surface area contributed by atoms with Crippen LogP contribution in [0.5, 0.6) is 0 Å². The zero-order valence-corrected chi connectivity index (χ0v) is 16.0. The molecular formula is C21H25ClN2O2. The Morgan fingerprint density at radius 3 is 2.27 bits per heavy atom. The number of carboxylic acid groups (broad SMARTS) is 1. The van der Waals surface area contributed by atoms with E-state index in [1.54, 1.807) is 0 Å². The monoisotopic (exact) mass is 372 g/mol. The van der Waals surface area contributed by atoms with Gasteiger partial charge in [-0.3, -0.25) is 9.69 Å². The summed E-state index contributed by atoms with van der Waals surface area (Å²) in [5.41, 5.74) is 3.40. The molecule has 26 heavy (non-hydrogen) atoms. The predicted molar refractivity (Wildman–Crippen MR) is 106 cm³/mol. The van der Waals surface area contributed by atoms with Crippen LogP contribution in [0.25, 0.3) is 0 Å². The fourth-order valence-electron chi connectivity index (χ4n) is 3.64. The summed E-state index contributed by atoms with van der Waals surface area (Å²) >= 11 is 6.52. The van der Waals surface area contributed by atoms with Gasteiger partial charge in [-0.1, -0.05) is 41.9 Å². The molecule has 4 nitrogen and oxygen atoms in total. The van der Waals surface area contributed by atoms with Gasteiger partial charge in [0.2, 0.25) is 0 Å². The van der Waals surface area contributed by atoms with Crippen LogP contribution in [0.15, 0.2) is 48.5 Å². The Morgan fingerprint density at radius 1 is 1.12 bits per heavy atom. The van der Waals surface area contributed by atoms with Crippen LogP contribution in [-0.4, -0.2) is 43.2 Å². The smallest absolute Gasteiger partial charge is 0.306 e. The maximum Gasteiger partial charge on any atom is 0.306 e. The van der Waals surface area contributed by atoms with Crippen LogP contribution in [0.4, 0.5) is 5.69 Å². The molecule has 1 unspecified atom stereocenters. The van der Waals surface area contributed by atoms with Crippen LogP contribution in [0, 0.1) is 5.92 Å². The second-order valence-corrected chi connectivity index (χ2v) is 7.47. The minimum atomic E-state index is -0.686. The van der Waals surface area contributed by atoms with Gasteiger partial charge in [-0.2, -0.15) is 0 Å². The molecule has 0 amide bonds. The Balaban J connectivity index is 1.93. The molecular weight excluding hydrogens is 348 g/mol. The van der Waals surface area contributed by atoms with Gasteiger partial charge < -0.3 is 10.0 Å². The van der Waals surface area contributed by atoms with Crippen molar-refractivity contribution in [2.45, 2.75) is 18.9 Å². The summed E-state index contributed by atoms with van der Waals surface area (Å²) in [5, 5.41) is 10.0. The number of aliphatic carboxylic acids is 1. The van der Waals surface area contributed by atoms with Gasteiger partial charge in [0, 0.05) is 24.8 Å². The summed E-state index contributed by atoms with van der Waals surface area (Å²) in [4.78, 5) is 15.7. The molecule has 5 heteroatoms. The van der Waals surface area contributed by atoms with Crippen molar-refractivity contribution in [2.75, 3.05) is 32.1 Å². The maximum atomic E-state index is 11.3. The predicted octanol–water partition coefficient (Wildman–Crippen LogP) is 4.29. The van der Waals surface area contributed by atoms with Crippen LogP contribution in [0.2, 0.25) is 5.02 Å². The summed E-state index contributed by atoms with van der Waals surface area (Å²) in [6.07, 6.45) is 1.35. The van der Waals surface area contributed by atoms with Crippen molar-refractivity contribution in [1.29, 1.82) is 0 Å². The molecule has 1 atom stereocenters. The van der Waals surface area contributed by atoms with E-state index in [2.05, 4.69) is 40.1 Å². The second-order valence-electron chi connectivity index (χ2n) is 7.06. The lowest BCUT2D eigenvalue weighted by Gasteiger charge is -2.37. The molecule has 0 bridgehead atoms. The van der Waals surface area contributed by atoms with Crippen molar-refractivity contribution in [3.05, 3.63) is 64.7 Å². The van der Waals surface area contributed by atoms with Crippen molar-refractivity contribution in [3.8, 4) is 0 Å². The average Bonchev–Trinajstić information content (AvgIpc) is 2.64. The topological polar surface area (TPSA) is 43.8 Å². The van der Waals surface area contributed by atoms with Crippen molar-refractivity contribution in [2.24, 2.45) is 5.92 Å². The molecule has 2 aromatic rings. The highest BCUT2D eigenvalue weighted by Crippen LogP contribution is 2.36. The lowest BCUT2D eigenvalue weighted by atomic mass is 9.91. The molecule has 138 valence electrons. The van der Waals surface area contributed by atoms with Crippen LogP contribution in [-0.2, 0) is 4.79 Å². The van der Waals surface area contributed by atoms with E-state index in [0.717, 1.165) is 29.4 Å². The number of nitrogens with zero attached hydrogens (tertiary/aromatic N) is 2. The molecule has 1 aliphatic heterocycles. The molecule has 3 rings (SSSR count). The van der Waals surface area contributed by atoms with Crippen LogP contribution < -0.4 is 4.90 Å². The van der Waals surface area contributed by atoms with E-state index in [1.807, 2.05) is 32.3 Å². The van der Waals surface area contributed by atoms with Crippen LogP contribution in [0.1, 0.15) is 30.0 Å². The van der Waals surface area contributed by atoms with Gasteiger partial charge in [0.1, 0.15) is 0 Å². The molecule has 0 spiro atoms. The Morgan fingerprint density at radius 2 is 1.73 bits per heavy atom. The number of anilines is 1. The molecule has 0 radical (unpaired) electrons. The molecule has 0 saturated carbocycles. The highest BCUT2D eigenvalue weighted by molar-refractivity contribution is 6.31. The van der Waals surface area contributed by atoms with E-state index in [9.17, 15) is 9.90 Å². The first-order valence-corrected chi connectivity index (χ1v) is 9.33. The fraction of sp³-hybridized carbons (Fsp3) is 0.381. The Bertz CT molecular complexity index is 753. The molecule has 1 N–H and O–H groups in total. The average molecular weight is 373 g/mol. The van der Waals surface area contributed by atoms with Crippen LogP contribution in [0.3, 0.4) is 0 Å². The molecule has 0 aromatic heterocycles. The van der Waals surface area contributed by atoms with Gasteiger partial charge in [-0.05, 0) is 55.3 Å². The van der Waals surface area contributed by atoms with E-state index in [0.29, 0.717) is 12.8 Å². The van der Waals surface area contributed by atoms with Crippen molar-refractivity contribution >= 4 is 23.3 Å². The zero-order valence-electron chi connectivity index (χ0n) is 15.2. The van der Waals surface area contributed by atoms with Gasteiger partial charge in [-0.15, -0.1) is 0 Å². The number of hydrogen-bond donors (Lipinski definition) is 1. The molecule has 1 aliphatic rings. The standard InChI is InChI=1S/C21H25ClN2O2/c1-23(2)17-9-7-15(8-10-17)20(18-5-3-4-6-19(18)22)24-13-11-16(12-14-24)21(25)26/h3-10,16,20H,11-14H2,1-2H3,(H,25,26). The van der Waals surface area contributed by atoms with E-state index >= 15 is 0 Å². The van der Waals surface area contributed by atoms with Gasteiger partial charge in [-0.25, -0.2) is 0 Å². The minimum Gasteiger partial charge on any atom is -0.481 e. The lowest BCUT2D eigenvalue weighted by Crippen LogP contribution is -2.39. The summed E-state index contributed by atoms with van der Waals surface area (Å²) in [6.45, 7) is 1.50. The SMILES string of the molecule is CN(C)c1ccc(C(c2ccccc2Cl)N2CCC(C(=O)O)CC2)cc1. The Hall–Kier alpha value is -2.04. The Labute approximate surface area is 160 Å². The van der Waals surface area contributed by atoms with E-state index in [-0.39, 0.29) is 12.0 Å². The summed E-state index contributed by atoms with van der Waals surface area (Å²) < 4.78 is 0. The Kier molecular flexibility index (Phi) is 5.84. The lowest BCUT2D eigenvalue weighted by molar-refractivity contribution is -0.143. The zero-order chi connectivity index (χ0) is 18.7. The first-order chi connectivity index (χ1) is 12.5. The highest BCUT2D eigenvalue weighted by Gasteiger charge is 2.31. The molecule has 1 heterocycles. The largest absolute Gasteiger partial charge is 0.481 e. The number of benzene rings is 2. The third-order valence-corrected chi connectivity index (χ3v) is 5.51. The molecule has 0 aliphatic carbocycles. The van der Waals surface area contributed by atoms with Crippen molar-refractivity contribution < 1.29 is 9.90 Å².